The van der Waals surface area contributed by atoms with E-state index in [1.165, 1.54) is 18.9 Å². The van der Waals surface area contributed by atoms with Gasteiger partial charge in [0.2, 0.25) is 0 Å². The maximum Gasteiger partial charge on any atom is 0.319 e. The van der Waals surface area contributed by atoms with E-state index >= 15 is 0 Å². The first-order valence-electron chi connectivity index (χ1n) is 13.0. The van der Waals surface area contributed by atoms with Crippen LogP contribution >= 0.6 is 0 Å². The number of carbonyl (C=O) groups is 1. The number of ether oxygens (including phenoxy) is 3. The fourth-order valence-electron chi connectivity index (χ4n) is 3.32. The number of hydrogen-bond acceptors (Lipinski definition) is 6. The van der Waals surface area contributed by atoms with Crippen LogP contribution in [-0.2, 0) is 9.47 Å². The number of hydrogen-bond donors (Lipinski definition) is 3. The number of halogens is 1. The first kappa shape index (κ1) is 30.8. The molecule has 0 aliphatic carbocycles. The summed E-state index contributed by atoms with van der Waals surface area (Å²) in [7, 11) is 1.57. The van der Waals surface area contributed by atoms with Gasteiger partial charge in [-0.1, -0.05) is 33.3 Å². The lowest BCUT2D eigenvalue weighted by Crippen LogP contribution is -2.34. The molecule has 0 bridgehead atoms. The normalized spacial score (nSPS) is 12.8. The summed E-state index contributed by atoms with van der Waals surface area (Å²) in [5, 5.41) is 8.73. The van der Waals surface area contributed by atoms with Crippen molar-refractivity contribution in [2.45, 2.75) is 40.0 Å². The molecular weight excluding hydrogens is 487 g/mol. The topological polar surface area (TPSA) is 93.2 Å². The SMILES string of the molecule is C=C(Nc1ccc(NC(=O)NCCC2COC2)cc1)c1c(F)cc(OCCOC)cc1N=CC.CCCC. The largest absolute Gasteiger partial charge is 0.491 e. The highest BCUT2D eigenvalue weighted by Gasteiger charge is 2.18. The summed E-state index contributed by atoms with van der Waals surface area (Å²) in [6.45, 7) is 12.9. The van der Waals surface area contributed by atoms with Crippen molar-refractivity contribution in [1.82, 2.24) is 5.32 Å². The molecule has 9 heteroatoms. The number of urea groups is 1. The second-order valence-electron chi connectivity index (χ2n) is 8.78. The van der Waals surface area contributed by atoms with E-state index in [-0.39, 0.29) is 11.6 Å². The molecule has 1 aliphatic heterocycles. The van der Waals surface area contributed by atoms with Crippen molar-refractivity contribution in [3.05, 3.63) is 54.4 Å². The Morgan fingerprint density at radius 3 is 2.34 bits per heavy atom. The molecule has 0 saturated carbocycles. The van der Waals surface area contributed by atoms with Gasteiger partial charge in [-0.2, -0.15) is 0 Å². The van der Waals surface area contributed by atoms with Crippen LogP contribution in [-0.4, -0.2) is 52.3 Å². The lowest BCUT2D eigenvalue weighted by Gasteiger charge is -2.25. The molecule has 2 amide bonds. The Bertz CT molecular complexity index is 1040. The minimum absolute atomic E-state index is 0.246. The Kier molecular flexibility index (Phi) is 13.9. The monoisotopic (exact) mass is 528 g/mol. The van der Waals surface area contributed by atoms with Gasteiger partial charge < -0.3 is 30.2 Å². The minimum Gasteiger partial charge on any atom is -0.491 e. The van der Waals surface area contributed by atoms with Crippen LogP contribution in [0.5, 0.6) is 5.75 Å². The van der Waals surface area contributed by atoms with Crippen LogP contribution in [0, 0.1) is 11.7 Å². The summed E-state index contributed by atoms with van der Waals surface area (Å²) in [5.74, 6) is 0.393. The van der Waals surface area contributed by atoms with Crippen LogP contribution in [0.1, 0.15) is 45.6 Å². The third kappa shape index (κ3) is 10.5. The Balaban J connectivity index is 0.00000118. The molecule has 208 valence electrons. The molecule has 0 unspecified atom stereocenters. The number of anilines is 2. The van der Waals surface area contributed by atoms with Crippen molar-refractivity contribution in [3.63, 3.8) is 0 Å². The van der Waals surface area contributed by atoms with Gasteiger partial charge in [0.25, 0.3) is 0 Å². The molecule has 0 aromatic heterocycles. The van der Waals surface area contributed by atoms with Crippen molar-refractivity contribution in [1.29, 1.82) is 0 Å². The Morgan fingerprint density at radius 1 is 1.13 bits per heavy atom. The predicted octanol–water partition coefficient (Wildman–Crippen LogP) is 6.62. The second kappa shape index (κ2) is 17.1. The number of rotatable bonds is 13. The number of unbranched alkanes of at least 4 members (excludes halogenated alkanes) is 1. The van der Waals surface area contributed by atoms with Crippen molar-refractivity contribution in [2.75, 3.05) is 50.7 Å². The molecule has 1 fully saturated rings. The number of carbonyl (C=O) groups excluding carboxylic acids is 1. The van der Waals surface area contributed by atoms with E-state index in [2.05, 4.69) is 41.4 Å². The van der Waals surface area contributed by atoms with Crippen LogP contribution in [0.3, 0.4) is 0 Å². The fourth-order valence-corrected chi connectivity index (χ4v) is 3.32. The van der Waals surface area contributed by atoms with E-state index in [4.69, 9.17) is 14.2 Å². The summed E-state index contributed by atoms with van der Waals surface area (Å²) < 4.78 is 30.5. The smallest absolute Gasteiger partial charge is 0.319 e. The van der Waals surface area contributed by atoms with Crippen molar-refractivity contribution in [2.24, 2.45) is 10.9 Å². The molecular formula is C29H41FN4O4. The van der Waals surface area contributed by atoms with Gasteiger partial charge in [0.05, 0.1) is 31.1 Å². The summed E-state index contributed by atoms with van der Waals surface area (Å²) in [6.07, 6.45) is 5.12. The third-order valence-corrected chi connectivity index (χ3v) is 5.65. The standard InChI is InChI=1S/C25H31FN4O4.C4H10/c1-4-27-23-14-21(34-12-11-32-3)13-22(26)24(23)17(2)29-19-5-7-20(8-6-19)30-25(31)28-10-9-18-15-33-16-18;1-3-4-2/h4-8,13-14,18,29H,2,9-12,15-16H2,1,3H3,(H2,28,30,31);3-4H2,1-2H3. The van der Waals surface area contributed by atoms with Gasteiger partial charge in [-0.05, 0) is 37.6 Å². The Hall–Kier alpha value is -3.43. The summed E-state index contributed by atoms with van der Waals surface area (Å²) in [6, 6.07) is 9.75. The molecule has 1 aliphatic rings. The van der Waals surface area contributed by atoms with Gasteiger partial charge >= 0.3 is 6.03 Å². The van der Waals surface area contributed by atoms with E-state index in [1.54, 1.807) is 50.6 Å². The van der Waals surface area contributed by atoms with Crippen LogP contribution in [0.15, 0.2) is 48.0 Å². The molecule has 3 N–H and O–H groups in total. The number of aliphatic imine (C=N–C) groups is 1. The Morgan fingerprint density at radius 2 is 1.79 bits per heavy atom. The number of methoxy groups -OCH3 is 1. The van der Waals surface area contributed by atoms with E-state index in [1.807, 2.05) is 0 Å². The third-order valence-electron chi connectivity index (χ3n) is 5.65. The highest BCUT2D eigenvalue weighted by Crippen LogP contribution is 2.33. The highest BCUT2D eigenvalue weighted by atomic mass is 19.1. The first-order valence-corrected chi connectivity index (χ1v) is 13.0. The van der Waals surface area contributed by atoms with Gasteiger partial charge in [0, 0.05) is 55.0 Å². The molecule has 38 heavy (non-hydrogen) atoms. The fraction of sp³-hybridized carbons (Fsp3) is 0.448. The van der Waals surface area contributed by atoms with Gasteiger partial charge in [-0.3, -0.25) is 4.99 Å². The average molecular weight is 529 g/mol. The summed E-state index contributed by atoms with van der Waals surface area (Å²) in [5.41, 5.74) is 2.32. The lowest BCUT2D eigenvalue weighted by atomic mass is 10.0. The number of benzene rings is 2. The van der Waals surface area contributed by atoms with Crippen molar-refractivity contribution < 1.29 is 23.4 Å². The van der Waals surface area contributed by atoms with Gasteiger partial charge in [-0.15, -0.1) is 0 Å². The molecule has 8 nitrogen and oxygen atoms in total. The zero-order valence-electron chi connectivity index (χ0n) is 22.9. The minimum atomic E-state index is -0.503. The van der Waals surface area contributed by atoms with Crippen molar-refractivity contribution >= 4 is 35.0 Å². The summed E-state index contributed by atoms with van der Waals surface area (Å²) >= 11 is 0. The maximum atomic E-state index is 14.9. The first-order chi connectivity index (χ1) is 18.4. The molecule has 1 saturated heterocycles. The van der Waals surface area contributed by atoms with E-state index in [9.17, 15) is 9.18 Å². The zero-order chi connectivity index (χ0) is 27.8. The van der Waals surface area contributed by atoms with Gasteiger partial charge in [0.15, 0.2) is 0 Å². The molecule has 2 aromatic rings. The zero-order valence-corrected chi connectivity index (χ0v) is 22.9. The quantitative estimate of drug-likeness (QED) is 0.201. The molecule has 0 atom stereocenters. The van der Waals surface area contributed by atoms with Crippen molar-refractivity contribution in [3.8, 4) is 5.75 Å². The van der Waals surface area contributed by atoms with Gasteiger partial charge in [-0.25, -0.2) is 9.18 Å². The molecule has 1 heterocycles. The molecule has 0 spiro atoms. The number of nitrogens with one attached hydrogen (secondary N) is 3. The number of amides is 2. The van der Waals surface area contributed by atoms with E-state index in [0.717, 1.165) is 19.6 Å². The molecule has 2 aromatic carbocycles. The van der Waals surface area contributed by atoms with Gasteiger partial charge in [0.1, 0.15) is 18.2 Å². The van der Waals surface area contributed by atoms with Crippen LogP contribution < -0.4 is 20.7 Å². The second-order valence-corrected chi connectivity index (χ2v) is 8.78. The number of nitrogens with zero attached hydrogens (tertiary/aromatic N) is 1. The Labute approximate surface area is 225 Å². The van der Waals surface area contributed by atoms with E-state index in [0.29, 0.717) is 54.2 Å². The van der Waals surface area contributed by atoms with Crippen LogP contribution in [0.25, 0.3) is 5.70 Å². The molecule has 0 radical (unpaired) electrons. The average Bonchev–Trinajstić information content (AvgIpc) is 2.87. The summed E-state index contributed by atoms with van der Waals surface area (Å²) in [4.78, 5) is 16.3. The highest BCUT2D eigenvalue weighted by molar-refractivity contribution is 5.90. The predicted molar refractivity (Wildman–Crippen MR) is 153 cm³/mol. The van der Waals surface area contributed by atoms with Crippen LogP contribution in [0.4, 0.5) is 26.2 Å². The maximum absolute atomic E-state index is 14.9. The molecule has 3 rings (SSSR count). The van der Waals surface area contributed by atoms with E-state index < -0.39 is 5.82 Å². The lowest BCUT2D eigenvalue weighted by molar-refractivity contribution is -0.0347. The van der Waals surface area contributed by atoms with Crippen LogP contribution in [0.2, 0.25) is 0 Å².